The first-order valence-corrected chi connectivity index (χ1v) is 12.1. The van der Waals surface area contributed by atoms with Crippen LogP contribution in [0.1, 0.15) is 25.5 Å². The molecule has 2 aromatic rings. The lowest BCUT2D eigenvalue weighted by molar-refractivity contribution is -0.119. The highest BCUT2D eigenvalue weighted by molar-refractivity contribution is 7.99. The third-order valence-corrected chi connectivity index (χ3v) is 6.55. The average molecular weight is 463 g/mol. The van der Waals surface area contributed by atoms with Crippen molar-refractivity contribution in [3.05, 3.63) is 52.4 Å². The topological polar surface area (TPSA) is 104 Å². The maximum absolute atomic E-state index is 12.3. The van der Waals surface area contributed by atoms with Gasteiger partial charge in [-0.3, -0.25) is 9.59 Å². The van der Waals surface area contributed by atoms with Gasteiger partial charge in [0.1, 0.15) is 0 Å². The highest BCUT2D eigenvalue weighted by atomic mass is 32.2. The number of hydrogen-bond acceptors (Lipinski definition) is 7. The number of aromatic amines is 1. The number of carbonyl (C=O) groups is 2. The molecule has 0 bridgehead atoms. The minimum Gasteiger partial charge on any atom is -0.450 e. The van der Waals surface area contributed by atoms with Crippen LogP contribution in [-0.2, 0) is 15.3 Å². The lowest BCUT2D eigenvalue weighted by Gasteiger charge is -2.31. The Bertz CT molecular complexity index is 930. The van der Waals surface area contributed by atoms with Crippen molar-refractivity contribution >= 4 is 35.5 Å². The average Bonchev–Trinajstić information content (AvgIpc) is 2.77. The summed E-state index contributed by atoms with van der Waals surface area (Å²) in [5.74, 6) is 0.620. The number of ether oxygens (including phenoxy) is 1. The lowest BCUT2D eigenvalue weighted by Crippen LogP contribution is -2.47. The molecule has 0 spiro atoms. The number of nitrogens with one attached hydrogen (secondary N) is 2. The van der Waals surface area contributed by atoms with E-state index in [1.807, 2.05) is 30.3 Å². The van der Waals surface area contributed by atoms with E-state index in [2.05, 4.69) is 15.3 Å². The number of aromatic nitrogens is 2. The first-order valence-electron chi connectivity index (χ1n) is 10.2. The molecule has 166 valence electrons. The van der Waals surface area contributed by atoms with Crippen molar-refractivity contribution in [1.29, 1.82) is 0 Å². The molecular weight excluding hydrogens is 436 g/mol. The molecule has 1 saturated heterocycles. The fraction of sp³-hybridized carbons (Fsp3) is 0.429. The van der Waals surface area contributed by atoms with Crippen LogP contribution in [0.25, 0.3) is 0 Å². The van der Waals surface area contributed by atoms with E-state index in [0.29, 0.717) is 49.1 Å². The first kappa shape index (κ1) is 23.2. The summed E-state index contributed by atoms with van der Waals surface area (Å²) in [7, 11) is 0. The number of nitrogens with zero attached hydrogens (tertiary/aromatic N) is 2. The Labute approximate surface area is 189 Å². The summed E-state index contributed by atoms with van der Waals surface area (Å²) < 4.78 is 5.01. The number of thioether (sulfide) groups is 2. The molecule has 2 heterocycles. The molecule has 2 amide bonds. The summed E-state index contributed by atoms with van der Waals surface area (Å²) in [6.45, 7) is 3.26. The zero-order valence-electron chi connectivity index (χ0n) is 17.3. The van der Waals surface area contributed by atoms with Crippen molar-refractivity contribution in [3.8, 4) is 0 Å². The van der Waals surface area contributed by atoms with Crippen molar-refractivity contribution in [3.63, 3.8) is 0 Å². The van der Waals surface area contributed by atoms with Gasteiger partial charge in [0, 0.05) is 35.8 Å². The standard InChI is InChI=1S/C21H26N4O4S2/c1-2-29-21(28)25-10-8-15(9-11-25)22-19(27)14-31-20-23-16(12-18(26)24-20)13-30-17-6-4-3-5-7-17/h3-7,12,15H,2,8-11,13-14H2,1H3,(H,22,27)(H,23,24,26). The number of carbonyl (C=O) groups excluding carboxylic acids is 2. The van der Waals surface area contributed by atoms with Gasteiger partial charge in [-0.05, 0) is 31.9 Å². The lowest BCUT2D eigenvalue weighted by atomic mass is 10.1. The van der Waals surface area contributed by atoms with Crippen molar-refractivity contribution in [1.82, 2.24) is 20.2 Å². The van der Waals surface area contributed by atoms with Gasteiger partial charge in [0.25, 0.3) is 5.56 Å². The smallest absolute Gasteiger partial charge is 0.409 e. The minimum absolute atomic E-state index is 0.0272. The van der Waals surface area contributed by atoms with Crippen LogP contribution in [0.2, 0.25) is 0 Å². The Kier molecular flexibility index (Phi) is 8.84. The maximum Gasteiger partial charge on any atom is 0.409 e. The Morgan fingerprint density at radius 3 is 2.68 bits per heavy atom. The van der Waals surface area contributed by atoms with Crippen LogP contribution in [-0.4, -0.2) is 58.4 Å². The largest absolute Gasteiger partial charge is 0.450 e. The Balaban J connectivity index is 1.44. The maximum atomic E-state index is 12.3. The van der Waals surface area contributed by atoms with Gasteiger partial charge in [-0.2, -0.15) is 0 Å². The number of benzene rings is 1. The molecule has 10 heteroatoms. The number of H-pyrrole nitrogens is 1. The monoisotopic (exact) mass is 462 g/mol. The summed E-state index contributed by atoms with van der Waals surface area (Å²) in [5, 5.41) is 3.43. The summed E-state index contributed by atoms with van der Waals surface area (Å²) in [4.78, 5) is 45.9. The molecule has 8 nitrogen and oxygen atoms in total. The van der Waals surface area contributed by atoms with E-state index in [9.17, 15) is 14.4 Å². The van der Waals surface area contributed by atoms with E-state index >= 15 is 0 Å². The summed E-state index contributed by atoms with van der Waals surface area (Å²) in [6.07, 6.45) is 1.08. The van der Waals surface area contributed by atoms with Crippen LogP contribution in [0.5, 0.6) is 0 Å². The van der Waals surface area contributed by atoms with Crippen LogP contribution in [0.3, 0.4) is 0 Å². The third kappa shape index (κ3) is 7.62. The zero-order valence-corrected chi connectivity index (χ0v) is 19.0. The predicted molar refractivity (Wildman–Crippen MR) is 121 cm³/mol. The number of likely N-dealkylation sites (tertiary alicyclic amines) is 1. The highest BCUT2D eigenvalue weighted by Gasteiger charge is 2.24. The van der Waals surface area contributed by atoms with Crippen LogP contribution in [0, 0.1) is 0 Å². The van der Waals surface area contributed by atoms with Gasteiger partial charge in [-0.25, -0.2) is 9.78 Å². The SMILES string of the molecule is CCOC(=O)N1CCC(NC(=O)CSc2nc(CSc3ccccc3)cc(=O)[nH]2)CC1. The van der Waals surface area contributed by atoms with Crippen LogP contribution in [0.15, 0.2) is 51.2 Å². The van der Waals surface area contributed by atoms with Gasteiger partial charge in [-0.1, -0.05) is 30.0 Å². The Hall–Kier alpha value is -2.46. The fourth-order valence-electron chi connectivity index (χ4n) is 3.12. The molecule has 0 unspecified atom stereocenters. The minimum atomic E-state index is -0.303. The van der Waals surface area contributed by atoms with Gasteiger partial charge in [0.15, 0.2) is 5.16 Å². The molecule has 0 radical (unpaired) electrons. The molecule has 3 rings (SSSR count). The molecular formula is C21H26N4O4S2. The van der Waals surface area contributed by atoms with E-state index < -0.39 is 0 Å². The molecule has 1 aliphatic rings. The van der Waals surface area contributed by atoms with Gasteiger partial charge >= 0.3 is 6.09 Å². The zero-order chi connectivity index (χ0) is 22.1. The van der Waals surface area contributed by atoms with Crippen molar-refractivity contribution < 1.29 is 14.3 Å². The fourth-order valence-corrected chi connectivity index (χ4v) is 4.64. The summed E-state index contributed by atoms with van der Waals surface area (Å²) in [6, 6.07) is 11.4. The molecule has 0 aliphatic carbocycles. The third-order valence-electron chi connectivity index (χ3n) is 4.63. The quantitative estimate of drug-likeness (QED) is 0.459. The van der Waals surface area contributed by atoms with Gasteiger partial charge < -0.3 is 19.9 Å². The van der Waals surface area contributed by atoms with E-state index in [0.717, 1.165) is 4.90 Å². The summed E-state index contributed by atoms with van der Waals surface area (Å²) >= 11 is 2.81. The van der Waals surface area contributed by atoms with Crippen molar-refractivity contribution in [2.75, 3.05) is 25.4 Å². The molecule has 2 N–H and O–H groups in total. The van der Waals surface area contributed by atoms with Crippen LogP contribution < -0.4 is 10.9 Å². The first-order chi connectivity index (χ1) is 15.0. The second-order valence-electron chi connectivity index (χ2n) is 6.96. The van der Waals surface area contributed by atoms with E-state index in [1.54, 1.807) is 23.6 Å². The van der Waals surface area contributed by atoms with Crippen LogP contribution in [0.4, 0.5) is 4.79 Å². The van der Waals surface area contributed by atoms with E-state index in [4.69, 9.17) is 4.74 Å². The molecule has 1 fully saturated rings. The van der Waals surface area contributed by atoms with E-state index in [1.165, 1.54) is 17.8 Å². The highest BCUT2D eigenvalue weighted by Crippen LogP contribution is 2.22. The molecule has 0 atom stereocenters. The van der Waals surface area contributed by atoms with E-state index in [-0.39, 0.29) is 29.4 Å². The predicted octanol–water partition coefficient (Wildman–Crippen LogP) is 2.89. The van der Waals surface area contributed by atoms with Crippen molar-refractivity contribution in [2.24, 2.45) is 0 Å². The molecule has 1 aliphatic heterocycles. The van der Waals surface area contributed by atoms with Gasteiger partial charge in [0.05, 0.1) is 18.1 Å². The Morgan fingerprint density at radius 1 is 1.23 bits per heavy atom. The molecule has 0 saturated carbocycles. The van der Waals surface area contributed by atoms with Crippen LogP contribution >= 0.6 is 23.5 Å². The van der Waals surface area contributed by atoms with Gasteiger partial charge in [0.2, 0.25) is 5.91 Å². The Morgan fingerprint density at radius 2 is 1.97 bits per heavy atom. The molecule has 1 aromatic heterocycles. The molecule has 1 aromatic carbocycles. The normalized spacial score (nSPS) is 14.3. The number of amides is 2. The number of rotatable bonds is 8. The molecule has 31 heavy (non-hydrogen) atoms. The number of piperidine rings is 1. The summed E-state index contributed by atoms with van der Waals surface area (Å²) in [5.41, 5.74) is 0.444. The second kappa shape index (κ2) is 11.8. The number of hydrogen-bond donors (Lipinski definition) is 2. The second-order valence-corrected chi connectivity index (χ2v) is 8.97. The van der Waals surface area contributed by atoms with Crippen molar-refractivity contribution in [2.45, 2.75) is 41.6 Å². The van der Waals surface area contributed by atoms with Gasteiger partial charge in [-0.15, -0.1) is 11.8 Å².